The molecule has 1 N–H and O–H groups in total. The van der Waals surface area contributed by atoms with E-state index in [0.29, 0.717) is 11.5 Å². The van der Waals surface area contributed by atoms with Crippen LogP contribution in [-0.4, -0.2) is 27.3 Å². The first-order chi connectivity index (χ1) is 8.13. The normalized spacial score (nSPS) is 12.7. The average molecular weight is 235 g/mol. The van der Waals surface area contributed by atoms with Crippen molar-refractivity contribution in [3.63, 3.8) is 0 Å². The van der Waals surface area contributed by atoms with Crippen molar-refractivity contribution >= 4 is 0 Å². The van der Waals surface area contributed by atoms with Gasteiger partial charge in [0.1, 0.15) is 11.5 Å². The molecule has 1 aromatic heterocycles. The maximum absolute atomic E-state index is 13.8. The monoisotopic (exact) mass is 235 g/mol. The number of hydrogen-bond donors (Lipinski definition) is 1. The third-order valence-corrected chi connectivity index (χ3v) is 2.65. The number of nitrogens with zero attached hydrogens (tertiary/aromatic N) is 4. The fourth-order valence-corrected chi connectivity index (χ4v) is 1.55. The summed E-state index contributed by atoms with van der Waals surface area (Å²) in [4.78, 5) is 0. The van der Waals surface area contributed by atoms with Gasteiger partial charge in [0.05, 0.1) is 6.04 Å². The number of hydrogen-bond acceptors (Lipinski definition) is 4. The number of aryl methyl sites for hydroxylation is 1. The molecule has 0 fully saturated rings. The molecule has 0 saturated heterocycles. The molecule has 1 atom stereocenters. The molecule has 2 aromatic rings. The molecule has 0 amide bonds. The number of halogens is 1. The Morgan fingerprint density at radius 3 is 2.82 bits per heavy atom. The lowest BCUT2D eigenvalue weighted by molar-refractivity contribution is 0.566. The van der Waals surface area contributed by atoms with Crippen molar-refractivity contribution in [1.82, 2.24) is 25.5 Å². The van der Waals surface area contributed by atoms with Gasteiger partial charge in [0.2, 0.25) is 0 Å². The van der Waals surface area contributed by atoms with E-state index in [4.69, 9.17) is 0 Å². The summed E-state index contributed by atoms with van der Waals surface area (Å²) in [5.74, 6) is 0.247. The van der Waals surface area contributed by atoms with Crippen LogP contribution in [-0.2, 0) is 0 Å². The van der Waals surface area contributed by atoms with Crippen LogP contribution < -0.4 is 5.32 Å². The number of rotatable bonds is 3. The standard InChI is InChI=1S/C11H14FN5/c1-7-4-5-10(9(12)6-7)17-11(8(2)13-3)14-15-16-17/h4-6,8,13H,1-3H3. The Labute approximate surface area is 98.6 Å². The lowest BCUT2D eigenvalue weighted by Gasteiger charge is -2.11. The zero-order chi connectivity index (χ0) is 12.4. The number of tetrazole rings is 1. The Morgan fingerprint density at radius 2 is 2.18 bits per heavy atom. The molecule has 0 radical (unpaired) electrons. The van der Waals surface area contributed by atoms with Gasteiger partial charge in [-0.2, -0.15) is 4.68 Å². The molecule has 0 aliphatic carbocycles. The van der Waals surface area contributed by atoms with E-state index >= 15 is 0 Å². The summed E-state index contributed by atoms with van der Waals surface area (Å²) in [6.45, 7) is 3.75. The van der Waals surface area contributed by atoms with Gasteiger partial charge < -0.3 is 5.32 Å². The maximum Gasteiger partial charge on any atom is 0.173 e. The molecule has 17 heavy (non-hydrogen) atoms. The highest BCUT2D eigenvalue weighted by atomic mass is 19.1. The highest BCUT2D eigenvalue weighted by Gasteiger charge is 2.16. The Kier molecular flexibility index (Phi) is 3.14. The van der Waals surface area contributed by atoms with Gasteiger partial charge in [-0.25, -0.2) is 4.39 Å². The third-order valence-electron chi connectivity index (χ3n) is 2.65. The van der Waals surface area contributed by atoms with Gasteiger partial charge in [-0.3, -0.25) is 0 Å². The summed E-state index contributed by atoms with van der Waals surface area (Å²) in [7, 11) is 1.80. The van der Waals surface area contributed by atoms with Crippen LogP contribution in [0.3, 0.4) is 0 Å². The molecule has 5 nitrogen and oxygen atoms in total. The first-order valence-corrected chi connectivity index (χ1v) is 5.35. The van der Waals surface area contributed by atoms with Crippen molar-refractivity contribution < 1.29 is 4.39 Å². The minimum atomic E-state index is -0.332. The SMILES string of the molecule is CNC(C)c1nnnn1-c1ccc(C)cc1F. The Balaban J connectivity index is 2.50. The van der Waals surface area contributed by atoms with Gasteiger partial charge in [-0.15, -0.1) is 5.10 Å². The van der Waals surface area contributed by atoms with Crippen LogP contribution in [0, 0.1) is 12.7 Å². The summed E-state index contributed by atoms with van der Waals surface area (Å²) >= 11 is 0. The second-order valence-corrected chi connectivity index (χ2v) is 3.91. The van der Waals surface area contributed by atoms with Crippen molar-refractivity contribution in [2.24, 2.45) is 0 Å². The molecule has 2 rings (SSSR count). The quantitative estimate of drug-likeness (QED) is 0.873. The lowest BCUT2D eigenvalue weighted by atomic mass is 10.2. The van der Waals surface area contributed by atoms with E-state index in [2.05, 4.69) is 20.8 Å². The van der Waals surface area contributed by atoms with E-state index < -0.39 is 0 Å². The van der Waals surface area contributed by atoms with Gasteiger partial charge in [-0.1, -0.05) is 6.07 Å². The summed E-state index contributed by atoms with van der Waals surface area (Å²) in [6, 6.07) is 4.91. The minimum Gasteiger partial charge on any atom is -0.311 e. The fourth-order valence-electron chi connectivity index (χ4n) is 1.55. The van der Waals surface area contributed by atoms with Gasteiger partial charge in [0.25, 0.3) is 0 Å². The van der Waals surface area contributed by atoms with Crippen LogP contribution in [0.5, 0.6) is 0 Å². The molecule has 1 unspecified atom stereocenters. The predicted octanol–water partition coefficient (Wildman–Crippen LogP) is 1.39. The van der Waals surface area contributed by atoms with Crippen molar-refractivity contribution in [3.8, 4) is 5.69 Å². The summed E-state index contributed by atoms with van der Waals surface area (Å²) in [5, 5.41) is 14.3. The van der Waals surface area contributed by atoms with Crippen LogP contribution in [0.15, 0.2) is 18.2 Å². The highest BCUT2D eigenvalue weighted by Crippen LogP contribution is 2.17. The summed E-state index contributed by atoms with van der Waals surface area (Å²) in [5.41, 5.74) is 1.22. The molecule has 1 heterocycles. The third kappa shape index (κ3) is 2.16. The fraction of sp³-hybridized carbons (Fsp3) is 0.364. The van der Waals surface area contributed by atoms with Crippen LogP contribution in [0.4, 0.5) is 4.39 Å². The number of benzene rings is 1. The first kappa shape index (κ1) is 11.7. The van der Waals surface area contributed by atoms with Gasteiger partial charge in [0.15, 0.2) is 5.82 Å². The number of nitrogens with one attached hydrogen (secondary N) is 1. The van der Waals surface area contributed by atoms with Gasteiger partial charge in [0, 0.05) is 0 Å². The molecule has 0 bridgehead atoms. The van der Waals surface area contributed by atoms with Crippen LogP contribution in [0.1, 0.15) is 24.4 Å². The lowest BCUT2D eigenvalue weighted by Crippen LogP contribution is -2.18. The van der Waals surface area contributed by atoms with E-state index in [9.17, 15) is 4.39 Å². The van der Waals surface area contributed by atoms with E-state index in [0.717, 1.165) is 5.56 Å². The Morgan fingerprint density at radius 1 is 1.41 bits per heavy atom. The zero-order valence-corrected chi connectivity index (χ0v) is 9.98. The van der Waals surface area contributed by atoms with E-state index in [1.807, 2.05) is 19.9 Å². The Hall–Kier alpha value is -1.82. The van der Waals surface area contributed by atoms with Crippen LogP contribution in [0.2, 0.25) is 0 Å². The topological polar surface area (TPSA) is 55.6 Å². The van der Waals surface area contributed by atoms with E-state index in [1.54, 1.807) is 13.1 Å². The minimum absolute atomic E-state index is 0.0503. The van der Waals surface area contributed by atoms with Gasteiger partial charge >= 0.3 is 0 Å². The summed E-state index contributed by atoms with van der Waals surface area (Å²) in [6.07, 6.45) is 0. The summed E-state index contributed by atoms with van der Waals surface area (Å²) < 4.78 is 15.2. The van der Waals surface area contributed by atoms with Crippen molar-refractivity contribution in [1.29, 1.82) is 0 Å². The van der Waals surface area contributed by atoms with Crippen LogP contribution in [0.25, 0.3) is 5.69 Å². The van der Waals surface area contributed by atoms with E-state index in [-0.39, 0.29) is 11.9 Å². The van der Waals surface area contributed by atoms with E-state index in [1.165, 1.54) is 10.7 Å². The molecule has 0 aliphatic rings. The molecule has 90 valence electrons. The van der Waals surface area contributed by atoms with Gasteiger partial charge in [-0.05, 0) is 49.0 Å². The second-order valence-electron chi connectivity index (χ2n) is 3.91. The maximum atomic E-state index is 13.8. The molecular formula is C11H14FN5. The molecule has 0 spiro atoms. The van der Waals surface area contributed by atoms with Crippen molar-refractivity contribution in [3.05, 3.63) is 35.4 Å². The van der Waals surface area contributed by atoms with Crippen LogP contribution >= 0.6 is 0 Å². The first-order valence-electron chi connectivity index (χ1n) is 5.35. The number of aromatic nitrogens is 4. The molecule has 0 saturated carbocycles. The van der Waals surface area contributed by atoms with Crippen molar-refractivity contribution in [2.75, 3.05) is 7.05 Å². The largest absolute Gasteiger partial charge is 0.311 e. The molecule has 1 aromatic carbocycles. The Bertz CT molecular complexity index is 522. The highest BCUT2D eigenvalue weighted by molar-refractivity contribution is 5.36. The molecule has 6 heteroatoms. The average Bonchev–Trinajstić information content (AvgIpc) is 2.77. The predicted molar refractivity (Wildman–Crippen MR) is 61.3 cm³/mol. The molecule has 0 aliphatic heterocycles. The molecular weight excluding hydrogens is 221 g/mol. The second kappa shape index (κ2) is 4.58. The zero-order valence-electron chi connectivity index (χ0n) is 9.98. The van der Waals surface area contributed by atoms with Crippen molar-refractivity contribution in [2.45, 2.75) is 19.9 Å². The smallest absolute Gasteiger partial charge is 0.173 e.